The Morgan fingerprint density at radius 1 is 0.491 bits per heavy atom. The van der Waals surface area contributed by atoms with E-state index in [4.69, 9.17) is 18.5 Å². The number of likely N-dealkylation sites (N-methyl/N-ethyl adjacent to an activating group) is 1. The van der Waals surface area contributed by atoms with E-state index in [0.717, 1.165) is 25.7 Å². The largest absolute Gasteiger partial charge is 0.472 e. The fourth-order valence-corrected chi connectivity index (χ4v) is 7.10. The van der Waals surface area contributed by atoms with Crippen LogP contribution in [0.5, 0.6) is 0 Å². The van der Waals surface area contributed by atoms with Gasteiger partial charge in [-0.25, -0.2) is 4.57 Å². The Morgan fingerprint density at radius 3 is 1.06 bits per heavy atom. The minimum absolute atomic E-state index is 0.0138. The quantitative estimate of drug-likeness (QED) is 0.0215. The summed E-state index contributed by atoms with van der Waals surface area (Å²) < 4.78 is 34.0. The average Bonchev–Trinajstić information content (AvgIpc) is 3.10. The molecule has 0 radical (unpaired) electrons. The molecule has 0 rings (SSSR count). The summed E-state index contributed by atoms with van der Waals surface area (Å²) in [7, 11) is 1.41. The van der Waals surface area contributed by atoms with Crippen molar-refractivity contribution in [2.24, 2.45) is 0 Å². The summed E-state index contributed by atoms with van der Waals surface area (Å²) in [5.41, 5.74) is 0. The second-order valence-corrected chi connectivity index (χ2v) is 17.9. The topological polar surface area (TPSA) is 108 Å². The van der Waals surface area contributed by atoms with E-state index in [-0.39, 0.29) is 19.4 Å². The fraction of sp³-hybridized carbons (Fsp3) is 0.953. The van der Waals surface area contributed by atoms with Crippen molar-refractivity contribution in [1.82, 2.24) is 0 Å². The highest BCUT2D eigenvalue weighted by Crippen LogP contribution is 2.43. The molecule has 316 valence electrons. The average molecular weight is 777 g/mol. The second kappa shape index (κ2) is 36.6. The Hall–Kier alpha value is -0.990. The van der Waals surface area contributed by atoms with E-state index >= 15 is 0 Å². The number of rotatable bonds is 41. The number of ether oxygens (including phenoxy) is 2. The van der Waals surface area contributed by atoms with Crippen LogP contribution in [-0.2, 0) is 32.7 Å². The number of esters is 2. The van der Waals surface area contributed by atoms with Crippen molar-refractivity contribution in [3.05, 3.63) is 0 Å². The van der Waals surface area contributed by atoms with Gasteiger partial charge in [0.25, 0.3) is 6.29 Å². The first kappa shape index (κ1) is 52.0. The summed E-state index contributed by atoms with van der Waals surface area (Å²) in [5, 5.41) is 0. The van der Waals surface area contributed by atoms with E-state index < -0.39 is 32.7 Å². The molecule has 0 bridgehead atoms. The summed E-state index contributed by atoms with van der Waals surface area (Å²) in [6.45, 7) is 4.47. The van der Waals surface area contributed by atoms with Gasteiger partial charge in [0.2, 0.25) is 0 Å². The molecule has 1 atom stereocenters. The maximum Gasteiger partial charge on any atom is 0.472 e. The van der Waals surface area contributed by atoms with Crippen molar-refractivity contribution < 1.29 is 42.1 Å². The third-order valence-electron chi connectivity index (χ3n) is 9.88. The molecule has 0 heterocycles. The fourth-order valence-electron chi connectivity index (χ4n) is 6.41. The smallest absolute Gasteiger partial charge is 0.423 e. The maximum atomic E-state index is 12.6. The number of carbonyl (C=O) groups excluding carboxylic acids is 2. The monoisotopic (exact) mass is 777 g/mol. The molecule has 0 saturated heterocycles. The van der Waals surface area contributed by atoms with Gasteiger partial charge in [-0.15, -0.1) is 0 Å². The molecule has 0 aliphatic heterocycles. The zero-order valence-corrected chi connectivity index (χ0v) is 36.4. The number of hydrogen-bond acceptors (Lipinski definition) is 7. The first-order valence-corrected chi connectivity index (χ1v) is 23.8. The first-order chi connectivity index (χ1) is 25.5. The highest BCUT2D eigenvalue weighted by atomic mass is 31.2. The Labute approximate surface area is 327 Å². The van der Waals surface area contributed by atoms with Gasteiger partial charge in [0.15, 0.2) is 0 Å². The normalized spacial score (nSPS) is 13.0. The van der Waals surface area contributed by atoms with Gasteiger partial charge < -0.3 is 18.9 Å². The number of phosphoric ester groups is 1. The molecule has 10 heteroatoms. The van der Waals surface area contributed by atoms with Gasteiger partial charge >= 0.3 is 19.8 Å². The van der Waals surface area contributed by atoms with Crippen LogP contribution < -0.4 is 0 Å². The molecular formula is C43H87NO8P+. The van der Waals surface area contributed by atoms with E-state index in [1.54, 1.807) is 0 Å². The zero-order chi connectivity index (χ0) is 39.3. The lowest BCUT2D eigenvalue weighted by atomic mass is 10.0. The molecule has 0 aromatic rings. The van der Waals surface area contributed by atoms with Crippen molar-refractivity contribution in [3.63, 3.8) is 0 Å². The van der Waals surface area contributed by atoms with Gasteiger partial charge in [-0.2, -0.15) is 0 Å². The molecule has 53 heavy (non-hydrogen) atoms. The Morgan fingerprint density at radius 2 is 0.774 bits per heavy atom. The molecule has 0 aliphatic rings. The van der Waals surface area contributed by atoms with Gasteiger partial charge in [0, 0.05) is 12.8 Å². The van der Waals surface area contributed by atoms with Crippen LogP contribution in [0.25, 0.3) is 0 Å². The van der Waals surface area contributed by atoms with Gasteiger partial charge in [-0.05, 0) is 12.8 Å². The summed E-state index contributed by atoms with van der Waals surface area (Å²) in [5.74, 6) is -1.02. The van der Waals surface area contributed by atoms with Crippen LogP contribution in [-0.4, -0.2) is 68.5 Å². The molecule has 0 spiro atoms. The molecule has 0 saturated carbocycles. The van der Waals surface area contributed by atoms with Gasteiger partial charge in [-0.1, -0.05) is 194 Å². The van der Waals surface area contributed by atoms with E-state index in [9.17, 15) is 19.0 Å². The van der Waals surface area contributed by atoms with E-state index in [2.05, 4.69) is 13.8 Å². The lowest BCUT2D eigenvalue weighted by molar-refractivity contribution is -0.870. The summed E-state index contributed by atoms with van der Waals surface area (Å²) in [4.78, 5) is 35.5. The minimum atomic E-state index is -4.42. The first-order valence-electron chi connectivity index (χ1n) is 22.3. The lowest BCUT2D eigenvalue weighted by Gasteiger charge is -2.24. The van der Waals surface area contributed by atoms with Crippen molar-refractivity contribution >= 4 is 19.8 Å². The van der Waals surface area contributed by atoms with Crippen molar-refractivity contribution in [2.45, 2.75) is 226 Å². The third-order valence-corrected chi connectivity index (χ3v) is 10.9. The molecule has 0 aliphatic carbocycles. The molecule has 0 fully saturated rings. The minimum Gasteiger partial charge on any atom is -0.423 e. The number of carbonyl (C=O) groups is 2. The van der Waals surface area contributed by atoms with Crippen LogP contribution in [0.4, 0.5) is 0 Å². The van der Waals surface area contributed by atoms with E-state index in [1.165, 1.54) is 154 Å². The van der Waals surface area contributed by atoms with Crippen LogP contribution >= 0.6 is 7.82 Å². The van der Waals surface area contributed by atoms with Crippen molar-refractivity contribution in [3.8, 4) is 0 Å². The number of phosphoric acid groups is 1. The van der Waals surface area contributed by atoms with Crippen LogP contribution in [0.2, 0.25) is 0 Å². The standard InChI is InChI=1S/C43H86NO8P/c1-6-8-10-12-14-16-18-20-22-24-26-28-30-32-34-36-41(45)51-43(40-50-53(47,48)49-39-38-44(3,4)5)52-42(46)37-35-33-31-29-27-25-23-21-19-17-15-13-11-9-7-2/h43H,6-40H2,1-5H3/p+1. The van der Waals surface area contributed by atoms with Gasteiger partial charge in [-0.3, -0.25) is 18.6 Å². The molecule has 0 aromatic carbocycles. The van der Waals surface area contributed by atoms with E-state index in [0.29, 0.717) is 23.9 Å². The molecular weight excluding hydrogens is 689 g/mol. The van der Waals surface area contributed by atoms with Crippen LogP contribution in [0.1, 0.15) is 219 Å². The molecule has 1 N–H and O–H groups in total. The Balaban J connectivity index is 4.32. The highest BCUT2D eigenvalue weighted by Gasteiger charge is 2.28. The number of hydrogen-bond donors (Lipinski definition) is 1. The predicted molar refractivity (Wildman–Crippen MR) is 220 cm³/mol. The van der Waals surface area contributed by atoms with Crippen LogP contribution in [0, 0.1) is 0 Å². The summed E-state index contributed by atoms with van der Waals surface area (Å²) in [6, 6.07) is 0. The third kappa shape index (κ3) is 40.5. The van der Waals surface area contributed by atoms with Crippen LogP contribution in [0.3, 0.4) is 0 Å². The second-order valence-electron chi connectivity index (χ2n) is 16.4. The van der Waals surface area contributed by atoms with E-state index in [1.807, 2.05) is 21.1 Å². The van der Waals surface area contributed by atoms with Crippen molar-refractivity contribution in [1.29, 1.82) is 0 Å². The highest BCUT2D eigenvalue weighted by molar-refractivity contribution is 7.47. The number of nitrogens with zero attached hydrogens (tertiary/aromatic N) is 1. The Bertz CT molecular complexity index is 833. The summed E-state index contributed by atoms with van der Waals surface area (Å²) >= 11 is 0. The summed E-state index contributed by atoms with van der Waals surface area (Å²) in [6.07, 6.45) is 36.1. The van der Waals surface area contributed by atoms with Gasteiger partial charge in [0.1, 0.15) is 19.8 Å². The molecule has 1 unspecified atom stereocenters. The van der Waals surface area contributed by atoms with Crippen LogP contribution in [0.15, 0.2) is 0 Å². The predicted octanol–water partition coefficient (Wildman–Crippen LogP) is 12.8. The molecule has 9 nitrogen and oxygen atoms in total. The van der Waals surface area contributed by atoms with Crippen molar-refractivity contribution in [2.75, 3.05) is 40.9 Å². The SMILES string of the molecule is CCCCCCCCCCCCCCCCCC(=O)OC(COP(=O)(O)OCC[N+](C)(C)C)OC(=O)CCCCCCCCCCCCCCCCC. The number of unbranched alkanes of at least 4 members (excludes halogenated alkanes) is 28. The zero-order valence-electron chi connectivity index (χ0n) is 35.5. The maximum absolute atomic E-state index is 12.6. The Kier molecular flexibility index (Phi) is 36.0. The molecule has 0 amide bonds. The number of quaternary nitrogens is 1. The lowest BCUT2D eigenvalue weighted by Crippen LogP contribution is -2.37. The van der Waals surface area contributed by atoms with Gasteiger partial charge in [0.05, 0.1) is 21.1 Å². The molecule has 0 aromatic heterocycles.